The van der Waals surface area contributed by atoms with Gasteiger partial charge in [-0.1, -0.05) is 0 Å². The fraction of sp³-hybridized carbons (Fsp3) is 0. The van der Waals surface area contributed by atoms with Crippen LogP contribution in [-0.4, -0.2) is 68.6 Å². The average Bonchev–Trinajstić information content (AvgIpc) is 1.46. The second-order valence-electron chi connectivity index (χ2n) is 0.0913. The van der Waals surface area contributed by atoms with Crippen molar-refractivity contribution in [3.8, 4) is 0 Å². The first kappa shape index (κ1) is 23.1. The summed E-state index contributed by atoms with van der Waals surface area (Å²) in [5.74, 6) is 0. The monoisotopic (exact) mass is 273 g/mol. The van der Waals surface area contributed by atoms with Gasteiger partial charge in [-0.2, -0.15) is 0 Å². The quantitative estimate of drug-likeness (QED) is 0.279. The van der Waals surface area contributed by atoms with E-state index in [1.54, 1.807) is 0 Å². The molecule has 0 atom stereocenters. The second-order valence-corrected chi connectivity index (χ2v) is 0.376. The van der Waals surface area contributed by atoms with E-state index in [0.29, 0.717) is 0 Å². The molecule has 0 aromatic carbocycles. The first-order valence-electron chi connectivity index (χ1n) is 0.628. The van der Waals surface area contributed by atoms with E-state index in [1.807, 2.05) is 0 Å². The van der Waals surface area contributed by atoms with Crippen LogP contribution in [0.2, 0.25) is 0 Å². The van der Waals surface area contributed by atoms with Crippen LogP contribution in [0.3, 0.4) is 0 Å². The SMILES string of the molecule is O.OO.[Ba+2].[H-].[H-].[O]=[Ti][OH]. The summed E-state index contributed by atoms with van der Waals surface area (Å²) < 4.78 is 15.8. The molecule has 43 valence electrons. The van der Waals surface area contributed by atoms with Gasteiger partial charge in [0, 0.05) is 0 Å². The number of hydrogen-bond donors (Lipinski definition) is 3. The Morgan fingerprint density at radius 2 is 1.43 bits per heavy atom. The summed E-state index contributed by atoms with van der Waals surface area (Å²) in [4.78, 5) is 0. The molecule has 0 aliphatic rings. The number of hydrogen-bond acceptors (Lipinski definition) is 3. The molecule has 0 spiro atoms. The van der Waals surface area contributed by atoms with Crippen molar-refractivity contribution >= 4 is 48.9 Å². The third kappa shape index (κ3) is 75.0. The standard InChI is InChI=1S/Ba.H2O2.2H2O.O.Ti.2H/c;1-2;;;;;;/h;1-2H;2*1H2;;;;/q+2;;;;;+1;2*-1/p-1. The molecule has 0 aliphatic heterocycles. The Hall–Kier alpha value is 1.93. The van der Waals surface area contributed by atoms with Crippen LogP contribution in [0.5, 0.6) is 0 Å². The molecule has 7 heavy (non-hydrogen) atoms. The zero-order chi connectivity index (χ0) is 4.71. The molecule has 0 heterocycles. The van der Waals surface area contributed by atoms with E-state index in [2.05, 4.69) is 0 Å². The molecule has 0 aromatic heterocycles. The van der Waals surface area contributed by atoms with E-state index in [-0.39, 0.29) is 57.2 Å². The molecule has 0 aliphatic carbocycles. The fourth-order valence-electron chi connectivity index (χ4n) is 0. The predicted molar refractivity (Wildman–Crippen MR) is 19.8 cm³/mol. The fourth-order valence-corrected chi connectivity index (χ4v) is 0. The maximum atomic E-state index is 8.61. The van der Waals surface area contributed by atoms with Crippen molar-refractivity contribution in [3.05, 3.63) is 0 Å². The van der Waals surface area contributed by atoms with Crippen molar-refractivity contribution < 1.29 is 45.4 Å². The van der Waals surface area contributed by atoms with Crippen LogP contribution in [0.25, 0.3) is 0 Å². The van der Waals surface area contributed by atoms with E-state index in [9.17, 15) is 0 Å². The summed E-state index contributed by atoms with van der Waals surface area (Å²) in [6.45, 7) is 0. The van der Waals surface area contributed by atoms with Gasteiger partial charge in [-0.3, -0.25) is 10.5 Å². The van der Waals surface area contributed by atoms with E-state index in [0.717, 1.165) is 0 Å². The summed E-state index contributed by atoms with van der Waals surface area (Å²) in [7, 11) is 0. The third-order valence-electron chi connectivity index (χ3n) is 0. The Kier molecular flexibility index (Phi) is 147. The first-order valence-corrected chi connectivity index (χ1v) is 1.96. The van der Waals surface area contributed by atoms with Gasteiger partial charge in [-0.25, -0.2) is 0 Å². The molecule has 0 saturated carbocycles. The van der Waals surface area contributed by atoms with Crippen molar-refractivity contribution in [2.75, 3.05) is 0 Å². The van der Waals surface area contributed by atoms with Gasteiger partial charge in [-0.05, 0) is 0 Å². The van der Waals surface area contributed by atoms with Crippen LogP contribution in [0.1, 0.15) is 2.85 Å². The molecule has 0 saturated heterocycles. The Bertz CT molecular complexity index is 22.4. The van der Waals surface area contributed by atoms with E-state index in [4.69, 9.17) is 17.5 Å². The van der Waals surface area contributed by atoms with Gasteiger partial charge in [0.2, 0.25) is 0 Å². The van der Waals surface area contributed by atoms with E-state index < -0.39 is 19.5 Å². The molecule has 0 rings (SSSR count). The Labute approximate surface area is 92.7 Å². The zero-order valence-electron chi connectivity index (χ0n) is 5.46. The van der Waals surface area contributed by atoms with E-state index >= 15 is 0 Å². The molecule has 0 unspecified atom stereocenters. The van der Waals surface area contributed by atoms with Gasteiger partial charge in [-0.15, -0.1) is 0 Å². The van der Waals surface area contributed by atoms with Gasteiger partial charge in [0.1, 0.15) is 0 Å². The topological polar surface area (TPSA) is 109 Å². The second kappa shape index (κ2) is 44.4. The summed E-state index contributed by atoms with van der Waals surface area (Å²) in [5, 5.41) is 12.0. The molecule has 0 bridgehead atoms. The van der Waals surface area contributed by atoms with Crippen LogP contribution < -0.4 is 0 Å². The predicted octanol–water partition coefficient (Wildman–Crippen LogP) is -1.64. The molecule has 5 nitrogen and oxygen atoms in total. The van der Waals surface area contributed by atoms with Gasteiger partial charge >= 0.3 is 75.4 Å². The summed E-state index contributed by atoms with van der Waals surface area (Å²) in [5.41, 5.74) is 0. The zero-order valence-corrected chi connectivity index (χ0v) is 9.46. The normalized spacial score (nSPS) is 2.14. The van der Waals surface area contributed by atoms with Crippen LogP contribution >= 0.6 is 0 Å². The average molecular weight is 272 g/mol. The minimum absolute atomic E-state index is 0. The molecule has 0 aromatic rings. The first-order chi connectivity index (χ1) is 2.41. The van der Waals surface area contributed by atoms with Gasteiger partial charge in [0.25, 0.3) is 0 Å². The molecule has 5 N–H and O–H groups in total. The summed E-state index contributed by atoms with van der Waals surface area (Å²) in [6.07, 6.45) is 0. The molecule has 0 amide bonds. The molecule has 0 radical (unpaired) electrons. The Morgan fingerprint density at radius 3 is 1.43 bits per heavy atom. The molecular formula is H7BaO5Ti. The summed E-state index contributed by atoms with van der Waals surface area (Å²) in [6, 6.07) is 0. The Balaban J connectivity index is -0.00000000357. The van der Waals surface area contributed by atoms with Crippen molar-refractivity contribution in [1.82, 2.24) is 0 Å². The van der Waals surface area contributed by atoms with Crippen LogP contribution in [0.15, 0.2) is 0 Å². The van der Waals surface area contributed by atoms with Crippen molar-refractivity contribution in [1.29, 1.82) is 0 Å². The molecule has 0 fully saturated rings. The van der Waals surface area contributed by atoms with Gasteiger partial charge in [0.05, 0.1) is 0 Å². The van der Waals surface area contributed by atoms with Crippen molar-refractivity contribution in [3.63, 3.8) is 0 Å². The molecule has 7 heteroatoms. The number of rotatable bonds is 0. The van der Waals surface area contributed by atoms with Crippen molar-refractivity contribution in [2.24, 2.45) is 0 Å². The van der Waals surface area contributed by atoms with Crippen LogP contribution in [-0.2, 0) is 22.8 Å². The van der Waals surface area contributed by atoms with Crippen LogP contribution in [0, 0.1) is 0 Å². The van der Waals surface area contributed by atoms with Gasteiger partial charge in [0.15, 0.2) is 0 Å². The van der Waals surface area contributed by atoms with Crippen molar-refractivity contribution in [2.45, 2.75) is 0 Å². The minimum atomic E-state index is -1.75. The third-order valence-corrected chi connectivity index (χ3v) is 0. The Morgan fingerprint density at radius 1 is 1.43 bits per heavy atom. The van der Waals surface area contributed by atoms with Crippen LogP contribution in [0.4, 0.5) is 0 Å². The summed E-state index contributed by atoms with van der Waals surface area (Å²) >= 11 is -1.75. The molecular weight excluding hydrogens is 265 g/mol. The maximum absolute atomic E-state index is 8.61. The van der Waals surface area contributed by atoms with Gasteiger partial charge < -0.3 is 8.33 Å². The van der Waals surface area contributed by atoms with E-state index in [1.165, 1.54) is 0 Å².